The van der Waals surface area contributed by atoms with E-state index in [0.29, 0.717) is 12.5 Å². The molecule has 1 aromatic carbocycles. The van der Waals surface area contributed by atoms with E-state index < -0.39 is 0 Å². The van der Waals surface area contributed by atoms with Gasteiger partial charge in [-0.15, -0.1) is 0 Å². The van der Waals surface area contributed by atoms with Crippen molar-refractivity contribution in [1.29, 1.82) is 0 Å². The van der Waals surface area contributed by atoms with Gasteiger partial charge in [-0.3, -0.25) is 9.78 Å². The predicted molar refractivity (Wildman–Crippen MR) is 97.4 cm³/mol. The number of fused-ring (bicyclic) bond motifs is 2. The van der Waals surface area contributed by atoms with Crippen LogP contribution in [0.4, 0.5) is 5.69 Å². The lowest BCUT2D eigenvalue weighted by atomic mass is 9.87. The van der Waals surface area contributed by atoms with E-state index >= 15 is 0 Å². The molecule has 25 heavy (non-hydrogen) atoms. The Morgan fingerprint density at radius 2 is 1.88 bits per heavy atom. The van der Waals surface area contributed by atoms with Gasteiger partial charge in [0.1, 0.15) is 5.75 Å². The van der Waals surface area contributed by atoms with Crippen molar-refractivity contribution in [2.24, 2.45) is 17.8 Å². The zero-order valence-electron chi connectivity index (χ0n) is 14.6. The number of aromatic nitrogens is 1. The van der Waals surface area contributed by atoms with Gasteiger partial charge in [0.05, 0.1) is 13.7 Å². The Kier molecular flexibility index (Phi) is 4.43. The standard InChI is InChI=1S/C21H24N2O2/c1-25-19-6-3-15(4-7-19)14-23(18-8-10-22-11-9-18)21(24)20-13-16-2-5-17(20)12-16/h3-4,6-11,16-17,20H,2,5,12-14H2,1H3. The van der Waals surface area contributed by atoms with Crippen LogP contribution in [-0.4, -0.2) is 18.0 Å². The van der Waals surface area contributed by atoms with Crippen molar-refractivity contribution in [3.63, 3.8) is 0 Å². The lowest BCUT2D eigenvalue weighted by Crippen LogP contribution is -2.38. The topological polar surface area (TPSA) is 42.4 Å². The molecule has 2 saturated carbocycles. The molecule has 2 bridgehead atoms. The van der Waals surface area contributed by atoms with Crippen molar-refractivity contribution in [2.45, 2.75) is 32.2 Å². The van der Waals surface area contributed by atoms with Gasteiger partial charge in [0.15, 0.2) is 0 Å². The lowest BCUT2D eigenvalue weighted by Gasteiger charge is -2.29. The van der Waals surface area contributed by atoms with Crippen molar-refractivity contribution < 1.29 is 9.53 Å². The number of anilines is 1. The zero-order chi connectivity index (χ0) is 17.2. The summed E-state index contributed by atoms with van der Waals surface area (Å²) in [6, 6.07) is 11.8. The van der Waals surface area contributed by atoms with E-state index in [0.717, 1.165) is 29.3 Å². The average molecular weight is 336 g/mol. The first-order chi connectivity index (χ1) is 12.2. The minimum absolute atomic E-state index is 0.185. The van der Waals surface area contributed by atoms with Gasteiger partial charge >= 0.3 is 0 Å². The molecule has 2 aliphatic rings. The van der Waals surface area contributed by atoms with Crippen LogP contribution in [0, 0.1) is 17.8 Å². The predicted octanol–water partition coefficient (Wildman–Crippen LogP) is 4.06. The summed E-state index contributed by atoms with van der Waals surface area (Å²) in [7, 11) is 1.66. The molecule has 1 aromatic heterocycles. The van der Waals surface area contributed by atoms with E-state index in [1.54, 1.807) is 19.5 Å². The summed E-state index contributed by atoms with van der Waals surface area (Å²) in [4.78, 5) is 19.4. The number of ether oxygens (including phenoxy) is 1. The number of amides is 1. The van der Waals surface area contributed by atoms with Gasteiger partial charge in [-0.1, -0.05) is 18.6 Å². The molecule has 130 valence electrons. The molecular weight excluding hydrogens is 312 g/mol. The third-order valence-corrected chi connectivity index (χ3v) is 5.80. The van der Waals surface area contributed by atoms with Crippen LogP contribution in [0.5, 0.6) is 5.75 Å². The molecule has 2 aromatic rings. The van der Waals surface area contributed by atoms with Crippen LogP contribution in [-0.2, 0) is 11.3 Å². The summed E-state index contributed by atoms with van der Waals surface area (Å²) >= 11 is 0. The maximum atomic E-state index is 13.3. The Balaban J connectivity index is 1.59. The van der Waals surface area contributed by atoms with Crippen molar-refractivity contribution in [3.8, 4) is 5.75 Å². The first-order valence-corrected chi connectivity index (χ1v) is 9.09. The van der Waals surface area contributed by atoms with Crippen LogP contribution in [0.25, 0.3) is 0 Å². The van der Waals surface area contributed by atoms with Crippen LogP contribution >= 0.6 is 0 Å². The Morgan fingerprint density at radius 1 is 1.12 bits per heavy atom. The van der Waals surface area contributed by atoms with E-state index in [4.69, 9.17) is 4.74 Å². The van der Waals surface area contributed by atoms with Gasteiger partial charge in [-0.2, -0.15) is 0 Å². The van der Waals surface area contributed by atoms with Crippen molar-refractivity contribution in [1.82, 2.24) is 4.98 Å². The minimum Gasteiger partial charge on any atom is -0.497 e. The van der Waals surface area contributed by atoms with Crippen molar-refractivity contribution in [2.75, 3.05) is 12.0 Å². The summed E-state index contributed by atoms with van der Waals surface area (Å²) in [6.45, 7) is 0.584. The summed E-state index contributed by atoms with van der Waals surface area (Å²) in [5.74, 6) is 2.63. The lowest BCUT2D eigenvalue weighted by molar-refractivity contribution is -0.124. The summed E-state index contributed by atoms with van der Waals surface area (Å²) in [6.07, 6.45) is 8.33. The Morgan fingerprint density at radius 3 is 2.48 bits per heavy atom. The quantitative estimate of drug-likeness (QED) is 0.827. The second-order valence-corrected chi connectivity index (χ2v) is 7.26. The number of carbonyl (C=O) groups is 1. The first kappa shape index (κ1) is 16.1. The third kappa shape index (κ3) is 3.26. The molecule has 0 saturated heterocycles. The normalized spacial score (nSPS) is 24.3. The highest BCUT2D eigenvalue weighted by molar-refractivity contribution is 5.95. The maximum absolute atomic E-state index is 13.3. The van der Waals surface area contributed by atoms with Gasteiger partial charge in [0.25, 0.3) is 0 Å². The monoisotopic (exact) mass is 336 g/mol. The summed E-state index contributed by atoms with van der Waals surface area (Å²) in [5, 5.41) is 0. The fourth-order valence-electron chi connectivity index (χ4n) is 4.48. The fraction of sp³-hybridized carbons (Fsp3) is 0.429. The van der Waals surface area contributed by atoms with Gasteiger partial charge in [-0.05, 0) is 60.9 Å². The molecule has 1 heterocycles. The molecule has 0 N–H and O–H groups in total. The van der Waals surface area contributed by atoms with Gasteiger partial charge < -0.3 is 9.64 Å². The number of benzene rings is 1. The number of rotatable bonds is 5. The second-order valence-electron chi connectivity index (χ2n) is 7.26. The molecule has 4 nitrogen and oxygen atoms in total. The number of carbonyl (C=O) groups excluding carboxylic acids is 1. The Bertz CT molecular complexity index is 729. The van der Waals surface area contributed by atoms with Crippen LogP contribution in [0.1, 0.15) is 31.2 Å². The van der Waals surface area contributed by atoms with E-state index in [-0.39, 0.29) is 11.8 Å². The van der Waals surface area contributed by atoms with Crippen molar-refractivity contribution in [3.05, 3.63) is 54.4 Å². The highest BCUT2D eigenvalue weighted by atomic mass is 16.5. The van der Waals surface area contributed by atoms with E-state index in [2.05, 4.69) is 4.98 Å². The number of hydrogen-bond donors (Lipinski definition) is 0. The highest BCUT2D eigenvalue weighted by Crippen LogP contribution is 2.49. The molecule has 3 unspecified atom stereocenters. The molecule has 2 fully saturated rings. The molecule has 4 heteroatoms. The van der Waals surface area contributed by atoms with Crippen LogP contribution in [0.2, 0.25) is 0 Å². The van der Waals surface area contributed by atoms with Crippen LogP contribution in [0.3, 0.4) is 0 Å². The number of nitrogens with zero attached hydrogens (tertiary/aromatic N) is 2. The molecule has 0 spiro atoms. The van der Waals surface area contributed by atoms with Gasteiger partial charge in [-0.25, -0.2) is 0 Å². The molecule has 4 rings (SSSR count). The van der Waals surface area contributed by atoms with Gasteiger partial charge in [0, 0.05) is 24.0 Å². The number of pyridine rings is 1. The van der Waals surface area contributed by atoms with Crippen molar-refractivity contribution >= 4 is 11.6 Å². The largest absolute Gasteiger partial charge is 0.497 e. The Labute approximate surface area is 148 Å². The molecule has 0 radical (unpaired) electrons. The molecule has 0 aliphatic heterocycles. The highest BCUT2D eigenvalue weighted by Gasteiger charge is 2.44. The first-order valence-electron chi connectivity index (χ1n) is 9.09. The van der Waals surface area contributed by atoms with E-state index in [9.17, 15) is 4.79 Å². The fourth-order valence-corrected chi connectivity index (χ4v) is 4.48. The summed E-state index contributed by atoms with van der Waals surface area (Å²) in [5.41, 5.74) is 2.03. The SMILES string of the molecule is COc1ccc(CN(C(=O)C2CC3CCC2C3)c2ccncc2)cc1. The minimum atomic E-state index is 0.185. The maximum Gasteiger partial charge on any atom is 0.230 e. The molecule has 1 amide bonds. The molecular formula is C21H24N2O2. The molecule has 2 aliphatic carbocycles. The third-order valence-electron chi connectivity index (χ3n) is 5.80. The Hall–Kier alpha value is -2.36. The average Bonchev–Trinajstić information content (AvgIpc) is 3.30. The van der Waals surface area contributed by atoms with Crippen LogP contribution in [0.15, 0.2) is 48.8 Å². The van der Waals surface area contributed by atoms with E-state index in [1.165, 1.54) is 19.3 Å². The zero-order valence-corrected chi connectivity index (χ0v) is 14.6. The number of hydrogen-bond acceptors (Lipinski definition) is 3. The van der Waals surface area contributed by atoms with Gasteiger partial charge in [0.2, 0.25) is 5.91 Å². The second kappa shape index (κ2) is 6.87. The van der Waals surface area contributed by atoms with E-state index in [1.807, 2.05) is 41.3 Å². The summed E-state index contributed by atoms with van der Waals surface area (Å²) < 4.78 is 5.23. The molecule has 3 atom stereocenters. The number of methoxy groups -OCH3 is 1. The smallest absolute Gasteiger partial charge is 0.230 e. The van der Waals surface area contributed by atoms with Crippen LogP contribution < -0.4 is 9.64 Å².